The van der Waals surface area contributed by atoms with Gasteiger partial charge in [-0.25, -0.2) is 12.7 Å². The molecule has 0 bridgehead atoms. The number of nitrogens with one attached hydrogen (secondary N) is 2. The predicted molar refractivity (Wildman–Crippen MR) is 103 cm³/mol. The van der Waals surface area contributed by atoms with Crippen LogP contribution in [0, 0.1) is 0 Å². The normalized spacial score (nSPS) is 11.5. The molecule has 28 heavy (non-hydrogen) atoms. The first-order valence-electron chi connectivity index (χ1n) is 8.32. The Morgan fingerprint density at radius 2 is 1.82 bits per heavy atom. The molecule has 0 atom stereocenters. The Hall–Kier alpha value is -2.72. The van der Waals surface area contributed by atoms with Crippen molar-refractivity contribution >= 4 is 27.3 Å². The number of hydrogen-bond acceptors (Lipinski definition) is 5. The van der Waals surface area contributed by atoms with E-state index in [-0.39, 0.29) is 21.9 Å². The van der Waals surface area contributed by atoms with Gasteiger partial charge in [-0.15, -0.1) is 0 Å². The number of carbonyl (C=O) groups excluding carboxylic acids is 1. The average Bonchev–Trinajstić information content (AvgIpc) is 2.63. The molecule has 0 fully saturated rings. The zero-order valence-corrected chi connectivity index (χ0v) is 16.4. The van der Waals surface area contributed by atoms with Crippen molar-refractivity contribution in [3.63, 3.8) is 0 Å². The van der Waals surface area contributed by atoms with Crippen LogP contribution in [0.4, 0.5) is 20.2 Å². The maximum atomic E-state index is 12.6. The highest BCUT2D eigenvalue weighted by molar-refractivity contribution is 7.89. The van der Waals surface area contributed by atoms with E-state index < -0.39 is 22.5 Å². The van der Waals surface area contributed by atoms with E-state index in [0.29, 0.717) is 12.2 Å². The van der Waals surface area contributed by atoms with E-state index in [2.05, 4.69) is 15.4 Å². The lowest BCUT2D eigenvalue weighted by Gasteiger charge is -2.17. The maximum Gasteiger partial charge on any atom is 0.387 e. The van der Waals surface area contributed by atoms with E-state index in [1.54, 1.807) is 0 Å². The quantitative estimate of drug-likeness (QED) is 0.694. The number of halogens is 2. The summed E-state index contributed by atoms with van der Waals surface area (Å²) in [6, 6.07) is 9.80. The molecule has 152 valence electrons. The van der Waals surface area contributed by atoms with Crippen LogP contribution in [0.25, 0.3) is 0 Å². The number of rotatable bonds is 8. The molecule has 0 saturated carbocycles. The number of ether oxygens (including phenoxy) is 1. The van der Waals surface area contributed by atoms with Gasteiger partial charge in [-0.3, -0.25) is 4.79 Å². The third-order valence-corrected chi connectivity index (χ3v) is 5.54. The number of benzene rings is 2. The van der Waals surface area contributed by atoms with Crippen LogP contribution < -0.4 is 15.4 Å². The first-order valence-corrected chi connectivity index (χ1v) is 9.76. The van der Waals surface area contributed by atoms with Crippen LogP contribution in [-0.2, 0) is 10.0 Å². The molecule has 2 N–H and O–H groups in total. The summed E-state index contributed by atoms with van der Waals surface area (Å²) in [5.74, 6) is -0.994. The number of carbonyl (C=O) groups is 1. The minimum atomic E-state index is -3.73. The Labute approximate surface area is 162 Å². The number of nitrogens with zero attached hydrogens (tertiary/aromatic N) is 1. The fourth-order valence-electron chi connectivity index (χ4n) is 2.39. The molecule has 0 saturated heterocycles. The molecule has 0 aliphatic heterocycles. The third-order valence-electron chi connectivity index (χ3n) is 3.73. The molecule has 1 amide bonds. The first-order chi connectivity index (χ1) is 13.2. The summed E-state index contributed by atoms with van der Waals surface area (Å²) >= 11 is 0. The summed E-state index contributed by atoms with van der Waals surface area (Å²) in [6.45, 7) is -0.727. The van der Waals surface area contributed by atoms with Gasteiger partial charge in [0, 0.05) is 20.6 Å². The van der Waals surface area contributed by atoms with Crippen molar-refractivity contribution in [3.05, 3.63) is 48.0 Å². The second-order valence-electron chi connectivity index (χ2n) is 5.85. The van der Waals surface area contributed by atoms with E-state index in [4.69, 9.17) is 0 Å². The number of hydrogen-bond donors (Lipinski definition) is 2. The van der Waals surface area contributed by atoms with Crippen LogP contribution in [0.3, 0.4) is 0 Å². The lowest BCUT2D eigenvalue weighted by atomic mass is 10.1. The second-order valence-corrected chi connectivity index (χ2v) is 8.01. The number of anilines is 2. The highest BCUT2D eigenvalue weighted by atomic mass is 32.2. The molecule has 2 aromatic carbocycles. The van der Waals surface area contributed by atoms with Crippen LogP contribution >= 0.6 is 0 Å². The van der Waals surface area contributed by atoms with Gasteiger partial charge >= 0.3 is 6.61 Å². The van der Waals surface area contributed by atoms with Gasteiger partial charge in [0.05, 0.1) is 21.8 Å². The van der Waals surface area contributed by atoms with E-state index in [1.807, 2.05) is 6.92 Å². The number of para-hydroxylation sites is 1. The topological polar surface area (TPSA) is 87.7 Å². The number of amides is 1. The number of alkyl halides is 2. The van der Waals surface area contributed by atoms with Gasteiger partial charge in [-0.05, 0) is 37.3 Å². The van der Waals surface area contributed by atoms with Gasteiger partial charge in [-0.2, -0.15) is 8.78 Å². The molecule has 0 aliphatic carbocycles. The zero-order chi connectivity index (χ0) is 20.9. The Kier molecular flexibility index (Phi) is 6.92. The van der Waals surface area contributed by atoms with Gasteiger partial charge in [-0.1, -0.05) is 12.1 Å². The highest BCUT2D eigenvalue weighted by Crippen LogP contribution is 2.28. The standard InChI is InChI=1S/C18H21F2N3O4S/c1-4-21-14-10-9-12(28(25,26)23(2)3)11-15(14)22-17(24)13-7-5-6-8-16(13)27-18(19)20/h5-11,18,21H,4H2,1-3H3,(H,22,24). The largest absolute Gasteiger partial charge is 0.434 e. The molecule has 0 radical (unpaired) electrons. The molecule has 10 heteroatoms. The van der Waals surface area contributed by atoms with E-state index in [1.165, 1.54) is 56.6 Å². The molecule has 0 heterocycles. The minimum absolute atomic E-state index is 0.0217. The summed E-state index contributed by atoms with van der Waals surface area (Å²) < 4.78 is 55.3. The minimum Gasteiger partial charge on any atom is -0.434 e. The van der Waals surface area contributed by atoms with Crippen LogP contribution in [0.1, 0.15) is 17.3 Å². The molecule has 2 rings (SSSR count). The van der Waals surface area contributed by atoms with Crippen molar-refractivity contribution in [1.82, 2.24) is 4.31 Å². The second kappa shape index (κ2) is 8.98. The molecule has 7 nitrogen and oxygen atoms in total. The van der Waals surface area contributed by atoms with Gasteiger partial charge in [0.15, 0.2) is 0 Å². The fraction of sp³-hybridized carbons (Fsp3) is 0.278. The van der Waals surface area contributed by atoms with Gasteiger partial charge in [0.1, 0.15) is 5.75 Å². The monoisotopic (exact) mass is 413 g/mol. The third kappa shape index (κ3) is 4.96. The van der Waals surface area contributed by atoms with Crippen LogP contribution in [0.15, 0.2) is 47.4 Å². The zero-order valence-electron chi connectivity index (χ0n) is 15.6. The molecule has 2 aromatic rings. The van der Waals surface area contributed by atoms with E-state index in [9.17, 15) is 22.0 Å². The maximum absolute atomic E-state index is 12.6. The average molecular weight is 413 g/mol. The molecule has 0 spiro atoms. The van der Waals surface area contributed by atoms with Crippen molar-refractivity contribution in [2.24, 2.45) is 0 Å². The Bertz CT molecular complexity index is 950. The van der Waals surface area contributed by atoms with Crippen LogP contribution in [0.2, 0.25) is 0 Å². The van der Waals surface area contributed by atoms with Crippen molar-refractivity contribution in [3.8, 4) is 5.75 Å². The van der Waals surface area contributed by atoms with Crippen LogP contribution in [-0.4, -0.2) is 45.9 Å². The van der Waals surface area contributed by atoms with Gasteiger partial charge in [0.25, 0.3) is 5.91 Å². The predicted octanol–water partition coefficient (Wildman–Crippen LogP) is 3.22. The molecule has 0 aromatic heterocycles. The Balaban J connectivity index is 2.43. The SMILES string of the molecule is CCNc1ccc(S(=O)(=O)N(C)C)cc1NC(=O)c1ccccc1OC(F)F. The summed E-state index contributed by atoms with van der Waals surface area (Å²) in [5.41, 5.74) is 0.577. The summed E-state index contributed by atoms with van der Waals surface area (Å²) in [7, 11) is -0.940. The summed E-state index contributed by atoms with van der Waals surface area (Å²) in [5, 5.41) is 5.58. The summed E-state index contributed by atoms with van der Waals surface area (Å²) in [6.07, 6.45) is 0. The van der Waals surface area contributed by atoms with Crippen molar-refractivity contribution in [1.29, 1.82) is 0 Å². The Morgan fingerprint density at radius 3 is 2.43 bits per heavy atom. The van der Waals surface area contributed by atoms with Crippen molar-refractivity contribution in [2.75, 3.05) is 31.3 Å². The lowest BCUT2D eigenvalue weighted by molar-refractivity contribution is -0.0501. The molecular weight excluding hydrogens is 392 g/mol. The molecule has 0 aliphatic rings. The molecular formula is C18H21F2N3O4S. The van der Waals surface area contributed by atoms with Gasteiger partial charge in [0.2, 0.25) is 10.0 Å². The van der Waals surface area contributed by atoms with Crippen LogP contribution in [0.5, 0.6) is 5.75 Å². The Morgan fingerprint density at radius 1 is 1.14 bits per heavy atom. The van der Waals surface area contributed by atoms with Gasteiger partial charge < -0.3 is 15.4 Å². The number of sulfonamides is 1. The highest BCUT2D eigenvalue weighted by Gasteiger charge is 2.21. The first kappa shape index (κ1) is 21.6. The summed E-state index contributed by atoms with van der Waals surface area (Å²) in [4.78, 5) is 12.6. The van der Waals surface area contributed by atoms with Crippen molar-refractivity contribution in [2.45, 2.75) is 18.4 Å². The lowest BCUT2D eigenvalue weighted by Crippen LogP contribution is -2.23. The van der Waals surface area contributed by atoms with Crippen molar-refractivity contribution < 1.29 is 26.7 Å². The molecule has 0 unspecified atom stereocenters. The van der Waals surface area contributed by atoms with E-state index in [0.717, 1.165) is 4.31 Å². The fourth-order valence-corrected chi connectivity index (χ4v) is 3.31. The smallest absolute Gasteiger partial charge is 0.387 e. The van der Waals surface area contributed by atoms with E-state index >= 15 is 0 Å².